The van der Waals surface area contributed by atoms with Crippen LogP contribution in [0.15, 0.2) is 146 Å². The van der Waals surface area contributed by atoms with Gasteiger partial charge in [0.05, 0.1) is 15.1 Å². The summed E-state index contributed by atoms with van der Waals surface area (Å²) in [5.74, 6) is -0.330. The molecule has 0 bridgehead atoms. The van der Waals surface area contributed by atoms with Gasteiger partial charge in [0.25, 0.3) is 0 Å². The summed E-state index contributed by atoms with van der Waals surface area (Å²) in [5, 5.41) is 13.0. The zero-order valence-electron chi connectivity index (χ0n) is 59.0. The van der Waals surface area contributed by atoms with Gasteiger partial charge in [-0.2, -0.15) is 0 Å². The monoisotopic (exact) mass is 1570 g/mol. The van der Waals surface area contributed by atoms with E-state index < -0.39 is 35.8 Å². The molecule has 2 aliphatic rings. The van der Waals surface area contributed by atoms with Crippen molar-refractivity contribution in [2.75, 3.05) is 61.8 Å². The van der Waals surface area contributed by atoms with Crippen LogP contribution in [0.1, 0.15) is 119 Å². The summed E-state index contributed by atoms with van der Waals surface area (Å²) >= 11 is 37.0. The quantitative estimate of drug-likeness (QED) is 0.0234. The maximum Gasteiger partial charge on any atom is 0.321 e. The predicted octanol–water partition coefficient (Wildman–Crippen LogP) is 17.8. The number of nitrogens with two attached hydrogens (primary N) is 4. The lowest BCUT2D eigenvalue weighted by atomic mass is 10.0. The Hall–Kier alpha value is -8.81. The fourth-order valence-corrected chi connectivity index (χ4v) is 13.7. The van der Waals surface area contributed by atoms with Crippen molar-refractivity contribution in [2.24, 2.45) is 5.73 Å². The molecule has 1 saturated carbocycles. The fraction of sp³-hybridized carbons (Fsp3) is 0.308. The van der Waals surface area contributed by atoms with Gasteiger partial charge in [-0.1, -0.05) is 132 Å². The Morgan fingerprint density at radius 1 is 0.519 bits per heavy atom. The summed E-state index contributed by atoms with van der Waals surface area (Å²) in [6, 6.07) is 37.2. The standard InChI is InChI=1S/C28H30Cl2FN5O2.C27H31Cl2FN4O2.C23H23Cl2FN4O2/c1-16(25-22(29)8-9-23(31)26(25)30)38-24-14-18(15-33-27(24)32)17-2-4-20(5-3-17)35-28(37)36-12-10-21(11-13-36)34-19-6-7-19;1-4-34(5-2)12-11-24(35)32-15-18-7-6-8-19(13-18)20-14-23(27(31)33-16-20)36-17(3)25-21(28)9-10-22(30)26(25)29;1-13(21-17(24)5-6-18(26)22(21)25)32-19-10-16(12-30-23(19)28)15-4-2-3-14(9-15)11-29-20(31)7-8-27/h2-5,8-9,14-16,19,21,34H,6-7,10-13H2,1H3,(H2,32,33)(H,35,37);6-10,13-14,16-17H,4-5,11-12,15H2,1-3H3,(H2,31,33)(H,32,35);2-6,9-10,12-13H,7-8,11,27H2,1H3,(H2,28,30)(H,29,31). The highest BCUT2D eigenvalue weighted by Crippen LogP contribution is 2.41. The lowest BCUT2D eigenvalue weighted by Gasteiger charge is -2.32. The molecule has 28 heteroatoms. The van der Waals surface area contributed by atoms with E-state index in [0.717, 1.165) is 90.1 Å². The van der Waals surface area contributed by atoms with Gasteiger partial charge in [-0.25, -0.2) is 32.9 Å². The van der Waals surface area contributed by atoms with Crippen LogP contribution in [-0.2, 0) is 22.7 Å². The summed E-state index contributed by atoms with van der Waals surface area (Å²) in [4.78, 5) is 53.5. The first-order chi connectivity index (χ1) is 50.8. The van der Waals surface area contributed by atoms with Gasteiger partial charge in [0.15, 0.2) is 34.7 Å². The van der Waals surface area contributed by atoms with Crippen molar-refractivity contribution < 1.29 is 41.8 Å². The fourth-order valence-electron chi connectivity index (χ4n) is 11.6. The van der Waals surface area contributed by atoms with Crippen LogP contribution in [0.4, 0.5) is 41.1 Å². The number of halogens is 9. The highest BCUT2D eigenvalue weighted by Gasteiger charge is 2.30. The number of hydrogen-bond acceptors (Lipinski definition) is 15. The number of likely N-dealkylation sites (tertiary alicyclic amines) is 1. The lowest BCUT2D eigenvalue weighted by Crippen LogP contribution is -2.46. The van der Waals surface area contributed by atoms with E-state index in [1.807, 2.05) is 77.7 Å². The Morgan fingerprint density at radius 2 is 0.906 bits per heavy atom. The van der Waals surface area contributed by atoms with Gasteiger partial charge in [-0.15, -0.1) is 0 Å². The van der Waals surface area contributed by atoms with E-state index >= 15 is 0 Å². The average Bonchev–Trinajstić information content (AvgIpc) is 0.926. The predicted molar refractivity (Wildman–Crippen MR) is 418 cm³/mol. The van der Waals surface area contributed by atoms with Crippen molar-refractivity contribution >= 4 is 111 Å². The number of rotatable bonds is 26. The number of hydrogen-bond donors (Lipinski definition) is 8. The third-order valence-corrected chi connectivity index (χ3v) is 19.9. The van der Waals surface area contributed by atoms with Crippen molar-refractivity contribution in [3.63, 3.8) is 0 Å². The minimum absolute atomic E-state index is 0.0146. The molecule has 1 aliphatic carbocycles. The van der Waals surface area contributed by atoms with Crippen LogP contribution >= 0.6 is 69.6 Å². The number of nitrogens with zero attached hydrogens (tertiary/aromatic N) is 5. The van der Waals surface area contributed by atoms with Crippen molar-refractivity contribution in [3.8, 4) is 50.6 Å². The maximum absolute atomic E-state index is 14.0. The van der Waals surface area contributed by atoms with Crippen molar-refractivity contribution in [3.05, 3.63) is 221 Å². The van der Waals surface area contributed by atoms with E-state index in [9.17, 15) is 27.6 Å². The Morgan fingerprint density at radius 3 is 1.29 bits per heavy atom. The molecule has 19 nitrogen and oxygen atoms in total. The Bertz CT molecular complexity index is 4540. The number of pyridine rings is 3. The molecule has 3 aromatic heterocycles. The highest BCUT2D eigenvalue weighted by atomic mass is 35.5. The second kappa shape index (κ2) is 38.6. The molecular weight excluding hydrogens is 1480 g/mol. The SMILES string of the molecule is CC(Oc1cc(-c2ccc(NC(=O)N3CCC(NC4CC4)CC3)cc2)cnc1N)c1c(Cl)ccc(F)c1Cl.CC(Oc1cc(-c2cccc(CNC(=O)CCN)c2)cnc1N)c1c(Cl)ccc(F)c1Cl.CCN(CC)CCC(=O)NCc1cccc(-c2cnc(N)c(OC(C)c3c(Cl)ccc(F)c3Cl)c2)c1. The zero-order valence-corrected chi connectivity index (χ0v) is 63.6. The molecule has 6 aromatic carbocycles. The first kappa shape index (κ1) is 81.3. The van der Waals surface area contributed by atoms with Gasteiger partial charge in [0.2, 0.25) is 11.8 Å². The van der Waals surface area contributed by atoms with Gasteiger partial charge in [0.1, 0.15) is 35.8 Å². The molecule has 11 rings (SSSR count). The number of carbonyl (C=O) groups excluding carboxylic acids is 3. The molecule has 1 aliphatic heterocycles. The van der Waals surface area contributed by atoms with Crippen molar-refractivity contribution in [2.45, 2.75) is 117 Å². The molecule has 4 amide bonds. The van der Waals surface area contributed by atoms with Gasteiger partial charge in [0, 0.05) is 137 Å². The Kier molecular flexibility index (Phi) is 29.6. The van der Waals surface area contributed by atoms with Crippen LogP contribution in [0.3, 0.4) is 0 Å². The molecule has 9 aromatic rings. The summed E-state index contributed by atoms with van der Waals surface area (Å²) in [5.41, 5.74) is 32.0. The summed E-state index contributed by atoms with van der Waals surface area (Å²) in [6.07, 6.45) is 8.15. The minimum atomic E-state index is -0.672. The number of piperidine rings is 1. The van der Waals surface area contributed by atoms with E-state index in [-0.39, 0.29) is 61.8 Å². The van der Waals surface area contributed by atoms with E-state index in [1.165, 1.54) is 49.2 Å². The maximum atomic E-state index is 14.0. The summed E-state index contributed by atoms with van der Waals surface area (Å²) < 4.78 is 59.8. The average molecular weight is 1570 g/mol. The van der Waals surface area contributed by atoms with Crippen LogP contribution in [-0.4, -0.2) is 93.9 Å². The summed E-state index contributed by atoms with van der Waals surface area (Å²) in [7, 11) is 0. The third-order valence-electron chi connectivity index (χ3n) is 17.7. The molecule has 12 N–H and O–H groups in total. The number of urea groups is 1. The van der Waals surface area contributed by atoms with Crippen molar-refractivity contribution in [1.29, 1.82) is 0 Å². The molecule has 106 heavy (non-hydrogen) atoms. The van der Waals surface area contributed by atoms with Crippen LogP contribution in [0, 0.1) is 17.5 Å². The lowest BCUT2D eigenvalue weighted by molar-refractivity contribution is -0.122. The van der Waals surface area contributed by atoms with Gasteiger partial charge in [-0.05, 0) is 166 Å². The zero-order chi connectivity index (χ0) is 76.3. The number of nitrogens with one attached hydrogen (secondary N) is 4. The van der Waals surface area contributed by atoms with E-state index in [2.05, 4.69) is 55.0 Å². The van der Waals surface area contributed by atoms with Crippen LogP contribution in [0.25, 0.3) is 33.4 Å². The second-order valence-corrected chi connectivity index (χ2v) is 27.7. The Labute approximate surface area is 645 Å². The highest BCUT2D eigenvalue weighted by molar-refractivity contribution is 6.37. The molecule has 2 fully saturated rings. The number of ether oxygens (including phenoxy) is 3. The second-order valence-electron chi connectivity index (χ2n) is 25.4. The van der Waals surface area contributed by atoms with Crippen LogP contribution in [0.2, 0.25) is 30.1 Å². The van der Waals surface area contributed by atoms with Gasteiger partial charge < -0.3 is 68.2 Å². The van der Waals surface area contributed by atoms with Crippen LogP contribution < -0.4 is 58.4 Å². The number of carbonyl (C=O) groups is 3. The first-order valence-electron chi connectivity index (χ1n) is 34.5. The topological polar surface area (TPSA) is 276 Å². The number of nitrogen functional groups attached to an aromatic ring is 3. The van der Waals surface area contributed by atoms with Crippen molar-refractivity contribution in [1.82, 2.24) is 40.7 Å². The number of amides is 4. The first-order valence-corrected chi connectivity index (χ1v) is 36.8. The van der Waals surface area contributed by atoms with E-state index in [4.69, 9.17) is 107 Å². The van der Waals surface area contributed by atoms with E-state index in [1.54, 1.807) is 57.6 Å². The number of benzene rings is 6. The largest absolute Gasteiger partial charge is 0.482 e. The van der Waals surface area contributed by atoms with Crippen LogP contribution in [0.5, 0.6) is 17.2 Å². The molecule has 560 valence electrons. The normalized spacial score (nSPS) is 13.6. The van der Waals surface area contributed by atoms with Gasteiger partial charge in [-0.3, -0.25) is 9.59 Å². The van der Waals surface area contributed by atoms with E-state index in [0.29, 0.717) is 87.8 Å². The number of aromatic nitrogens is 3. The molecule has 3 unspecified atom stereocenters. The smallest absolute Gasteiger partial charge is 0.321 e. The minimum Gasteiger partial charge on any atom is -0.482 e. The molecule has 4 heterocycles. The molecule has 3 atom stereocenters. The molecule has 0 spiro atoms. The molecular formula is C78H84Cl6F3N13O6. The Balaban J connectivity index is 0.000000185. The summed E-state index contributed by atoms with van der Waals surface area (Å²) in [6.45, 7) is 14.5. The molecule has 1 saturated heterocycles. The van der Waals surface area contributed by atoms with Gasteiger partial charge >= 0.3 is 6.03 Å². The number of anilines is 4. The molecule has 0 radical (unpaired) electrons. The third kappa shape index (κ3) is 22.4.